The van der Waals surface area contributed by atoms with Gasteiger partial charge in [-0.05, 0) is 0 Å². The number of aromatic amines is 1. The number of imidazole rings is 2. The van der Waals surface area contributed by atoms with E-state index in [1.807, 2.05) is 0 Å². The summed E-state index contributed by atoms with van der Waals surface area (Å²) in [5, 5.41) is 42.4. The molecular weight excluding hydrogens is 864 g/mol. The van der Waals surface area contributed by atoms with Crippen LogP contribution in [-0.4, -0.2) is 131 Å². The van der Waals surface area contributed by atoms with E-state index >= 15 is 0 Å². The number of aliphatic hydroxyl groups excluding tert-OH is 3. The van der Waals surface area contributed by atoms with Crippen LogP contribution >= 0.6 is 31.3 Å². The Balaban J connectivity index is 1.09. The number of aryl methyl sites for hydroxylation is 1. The van der Waals surface area contributed by atoms with E-state index in [0.29, 0.717) is 0 Å². The van der Waals surface area contributed by atoms with Gasteiger partial charge in [0.15, 0.2) is 17.4 Å². The van der Waals surface area contributed by atoms with Gasteiger partial charge in [-0.1, -0.05) is 0 Å². The number of nitrogens with one attached hydrogen (secondary N) is 1. The summed E-state index contributed by atoms with van der Waals surface area (Å²) in [6.45, 7) is -2.37. The van der Waals surface area contributed by atoms with Crippen molar-refractivity contribution in [3.63, 3.8) is 0 Å². The zero-order valence-corrected chi connectivity index (χ0v) is 32.2. The minimum atomic E-state index is -6.11. The van der Waals surface area contributed by atoms with Crippen molar-refractivity contribution in [3.8, 4) is 5.88 Å². The van der Waals surface area contributed by atoms with Crippen LogP contribution in [0.2, 0.25) is 0 Å². The van der Waals surface area contributed by atoms with Crippen LogP contribution in [0.15, 0.2) is 17.4 Å². The molecule has 0 spiro atoms. The number of fused-ring (bicyclic) bond motifs is 2. The summed E-state index contributed by atoms with van der Waals surface area (Å²) in [5.74, 6) is -1.27. The van der Waals surface area contributed by atoms with Crippen LogP contribution in [0.1, 0.15) is 12.5 Å². The maximum atomic E-state index is 12.7. The zero-order chi connectivity index (χ0) is 42.0. The maximum absolute atomic E-state index is 12.7. The summed E-state index contributed by atoms with van der Waals surface area (Å²) in [5.41, 5.74) is 9.85. The molecule has 2 aliphatic rings. The van der Waals surface area contributed by atoms with Crippen molar-refractivity contribution in [2.45, 2.75) is 49.1 Å². The minimum absolute atomic E-state index is 0.0460. The van der Waals surface area contributed by atoms with Crippen LogP contribution in [0.4, 0.5) is 11.9 Å². The lowest BCUT2D eigenvalue weighted by atomic mass is 10.1. The molecular formula is C22H33N10O21P4+. The number of aromatic hydroxyl groups is 1. The van der Waals surface area contributed by atoms with Gasteiger partial charge < -0.3 is 60.9 Å². The molecule has 0 aliphatic carbocycles. The lowest BCUT2D eigenvalue weighted by Crippen LogP contribution is -2.36. The molecule has 57 heavy (non-hydrogen) atoms. The number of aromatic nitrogens is 8. The molecule has 0 bridgehead atoms. The van der Waals surface area contributed by atoms with Crippen molar-refractivity contribution in [1.82, 2.24) is 34.1 Å². The van der Waals surface area contributed by atoms with Crippen molar-refractivity contribution in [1.29, 1.82) is 0 Å². The molecule has 13 N–H and O–H groups in total. The van der Waals surface area contributed by atoms with Crippen molar-refractivity contribution < 1.29 is 99.0 Å². The molecule has 2 aliphatic heterocycles. The van der Waals surface area contributed by atoms with Crippen LogP contribution in [0.25, 0.3) is 22.3 Å². The first-order chi connectivity index (χ1) is 26.4. The molecule has 7 unspecified atom stereocenters. The van der Waals surface area contributed by atoms with Gasteiger partial charge in [-0.3, -0.25) is 32.4 Å². The summed E-state index contributed by atoms with van der Waals surface area (Å²) in [7, 11) is -20.4. The number of nitrogens with two attached hydrogens (primary N) is 2. The molecule has 2 fully saturated rings. The first-order valence-corrected chi connectivity index (χ1v) is 21.5. The lowest BCUT2D eigenvalue weighted by molar-refractivity contribution is -0.646. The molecule has 12 atom stereocenters. The van der Waals surface area contributed by atoms with Crippen molar-refractivity contribution in [3.05, 3.63) is 23.0 Å². The van der Waals surface area contributed by atoms with E-state index in [1.165, 1.54) is 17.9 Å². The summed E-state index contributed by atoms with van der Waals surface area (Å²) in [6, 6.07) is 0. The Labute approximate surface area is 315 Å². The zero-order valence-electron chi connectivity index (χ0n) is 28.6. The molecule has 4 aromatic heterocycles. The van der Waals surface area contributed by atoms with E-state index in [2.05, 4.69) is 47.1 Å². The normalized spacial score (nSPS) is 29.6. The number of nitrogen functional groups attached to an aromatic ring is 2. The highest BCUT2D eigenvalue weighted by molar-refractivity contribution is 7.66. The standard InChI is InChI=1S/C22H32N10O21P4/c1-30-6-32(16-10(30)18(37)29-22(24)27-16)19-12(34)11(33)7(49-19)3-47-55(40,41)52-57(44,45)53-56(42,43)48-4-8-14(51-54(38,39)46-2)13(35)20(50-8)31-5-25-9-15(31)26-21(23)28-17(9)36/h5-8,11-14,19-20,33-35H,3-4H2,1-2H3,(H9-,23,24,26,27,28,29,36,37,38,39,40,41,42,43,44,45)/p+1/t7-,8-,11?,12?,13+,14?,19-,20-/m1/s1. The SMILES string of the molecule is COP(=O)(O)OC1[C@@H](COP(=O)(O)OP(=O)(O)OP(=O)(O)OC[C@H]2O[C@@H](n3c[n+](C)c4c(O)nc(N)nc43)C(O)C2O)O[C@@H](n2cnc3c(=O)[nH]c(N)nc32)[C@H]1O. The molecule has 6 rings (SSSR count). The molecule has 316 valence electrons. The highest BCUT2D eigenvalue weighted by atomic mass is 31.3. The van der Waals surface area contributed by atoms with Gasteiger partial charge in [-0.2, -0.15) is 28.1 Å². The third kappa shape index (κ3) is 9.12. The second-order valence-electron chi connectivity index (χ2n) is 12.0. The van der Waals surface area contributed by atoms with Gasteiger partial charge in [0.05, 0.1) is 26.6 Å². The monoisotopic (exact) mass is 897 g/mol. The van der Waals surface area contributed by atoms with Gasteiger partial charge >= 0.3 is 31.3 Å². The van der Waals surface area contributed by atoms with Gasteiger partial charge in [-0.25, -0.2) is 27.8 Å². The van der Waals surface area contributed by atoms with Gasteiger partial charge in [0.1, 0.15) is 36.6 Å². The Morgan fingerprint density at radius 2 is 1.44 bits per heavy atom. The van der Waals surface area contributed by atoms with Crippen LogP contribution in [0, 0.1) is 0 Å². The first-order valence-electron chi connectivity index (χ1n) is 15.5. The predicted octanol–water partition coefficient (Wildman–Crippen LogP) is -3.36. The van der Waals surface area contributed by atoms with E-state index in [4.69, 9.17) is 25.5 Å². The molecule has 35 heteroatoms. The van der Waals surface area contributed by atoms with E-state index in [1.54, 1.807) is 0 Å². The number of phosphoric ester groups is 3. The fourth-order valence-corrected chi connectivity index (χ4v) is 9.90. The van der Waals surface area contributed by atoms with E-state index < -0.39 is 105 Å². The van der Waals surface area contributed by atoms with Crippen LogP contribution in [-0.2, 0) is 61.5 Å². The van der Waals surface area contributed by atoms with Crippen molar-refractivity contribution in [2.75, 3.05) is 31.8 Å². The number of anilines is 2. The third-order valence-corrected chi connectivity index (χ3v) is 13.3. The van der Waals surface area contributed by atoms with Crippen LogP contribution < -0.4 is 21.6 Å². The summed E-state index contributed by atoms with van der Waals surface area (Å²) >= 11 is 0. The number of aliphatic hydroxyl groups is 3. The molecule has 0 aromatic carbocycles. The maximum Gasteiger partial charge on any atom is 0.490 e. The van der Waals surface area contributed by atoms with E-state index in [0.717, 1.165) is 22.6 Å². The highest BCUT2D eigenvalue weighted by Crippen LogP contribution is 2.68. The molecule has 31 nitrogen and oxygen atoms in total. The summed E-state index contributed by atoms with van der Waals surface area (Å²) in [4.78, 5) is 70.1. The molecule has 0 saturated carbocycles. The van der Waals surface area contributed by atoms with Crippen LogP contribution in [0.5, 0.6) is 5.88 Å². The highest BCUT2D eigenvalue weighted by Gasteiger charge is 2.52. The Hall–Kier alpha value is -3.38. The smallest absolute Gasteiger partial charge is 0.490 e. The largest absolute Gasteiger partial charge is 0.490 e. The number of H-pyrrole nitrogens is 1. The number of nitrogens with zero attached hydrogens (tertiary/aromatic N) is 7. The predicted molar refractivity (Wildman–Crippen MR) is 178 cm³/mol. The third-order valence-electron chi connectivity index (χ3n) is 8.11. The number of rotatable bonds is 15. The average Bonchev–Trinajstić information content (AvgIpc) is 3.81. The molecule has 2 saturated heterocycles. The molecule has 4 aromatic rings. The lowest BCUT2D eigenvalue weighted by Gasteiger charge is -2.23. The molecule has 6 heterocycles. The van der Waals surface area contributed by atoms with E-state index in [-0.39, 0.29) is 34.2 Å². The topological polar surface area (TPSA) is 454 Å². The number of hydrogen-bond acceptors (Lipinski definition) is 23. The first kappa shape index (κ1) is 43.2. The summed E-state index contributed by atoms with van der Waals surface area (Å²) < 4.78 is 91.4. The quantitative estimate of drug-likeness (QED) is 0.0410. The fraction of sp³-hybridized carbons (Fsp3) is 0.545. The number of hydrogen-bond donors (Lipinski definition) is 11. The Morgan fingerprint density at radius 3 is 2.07 bits per heavy atom. The second-order valence-corrected chi connectivity index (χ2v) is 18.1. The van der Waals surface area contributed by atoms with Gasteiger partial charge in [-0.15, -0.1) is 0 Å². The molecule has 0 radical (unpaired) electrons. The van der Waals surface area contributed by atoms with Gasteiger partial charge in [0.25, 0.3) is 22.6 Å². The van der Waals surface area contributed by atoms with Crippen molar-refractivity contribution >= 4 is 65.5 Å². The summed E-state index contributed by atoms with van der Waals surface area (Å²) in [6.07, 6.45) is -11.9. The van der Waals surface area contributed by atoms with Gasteiger partial charge in [0.2, 0.25) is 24.5 Å². The fourth-order valence-electron chi connectivity index (χ4n) is 5.72. The average molecular weight is 897 g/mol. The Morgan fingerprint density at radius 1 is 0.842 bits per heavy atom. The molecule has 0 amide bonds. The Bertz CT molecular complexity index is 2430. The van der Waals surface area contributed by atoms with E-state index in [9.17, 15) is 63.1 Å². The van der Waals surface area contributed by atoms with Crippen LogP contribution in [0.3, 0.4) is 0 Å². The second kappa shape index (κ2) is 15.7. The van der Waals surface area contributed by atoms with Crippen molar-refractivity contribution in [2.24, 2.45) is 7.05 Å². The number of ether oxygens (including phenoxy) is 2. The number of phosphoric acid groups is 4. The minimum Gasteiger partial charge on any atom is -0.490 e. The Kier molecular flexibility index (Phi) is 11.9. The van der Waals surface area contributed by atoms with Gasteiger partial charge in [0, 0.05) is 7.11 Å².